The molecular formula is C14H12BrClO2S. The van der Waals surface area contributed by atoms with E-state index in [9.17, 15) is 0 Å². The third kappa shape index (κ3) is 2.76. The van der Waals surface area contributed by atoms with Crippen molar-refractivity contribution in [1.29, 1.82) is 0 Å². The van der Waals surface area contributed by atoms with Crippen molar-refractivity contribution in [3.63, 3.8) is 0 Å². The minimum Gasteiger partial charge on any atom is -0.490 e. The van der Waals surface area contributed by atoms with Crippen LogP contribution in [0, 0.1) is 0 Å². The summed E-state index contributed by atoms with van der Waals surface area (Å²) in [6.07, 6.45) is 0.915. The van der Waals surface area contributed by atoms with Gasteiger partial charge in [0.2, 0.25) is 0 Å². The van der Waals surface area contributed by atoms with Crippen LogP contribution in [0.4, 0.5) is 0 Å². The molecule has 3 rings (SSSR count). The summed E-state index contributed by atoms with van der Waals surface area (Å²) in [7, 11) is 0. The second-order valence-electron chi connectivity index (χ2n) is 4.25. The zero-order valence-electron chi connectivity index (χ0n) is 10.1. The third-order valence-electron chi connectivity index (χ3n) is 2.94. The zero-order chi connectivity index (χ0) is 13.2. The second-order valence-corrected chi connectivity index (χ2v) is 6.52. The van der Waals surface area contributed by atoms with Gasteiger partial charge >= 0.3 is 0 Å². The minimum atomic E-state index is 0.0807. The molecule has 1 aromatic carbocycles. The smallest absolute Gasteiger partial charge is 0.161 e. The van der Waals surface area contributed by atoms with Gasteiger partial charge in [0.15, 0.2) is 11.5 Å². The summed E-state index contributed by atoms with van der Waals surface area (Å²) in [5.41, 5.74) is 1.12. The molecule has 100 valence electrons. The topological polar surface area (TPSA) is 18.5 Å². The molecule has 1 aromatic heterocycles. The van der Waals surface area contributed by atoms with Gasteiger partial charge in [-0.25, -0.2) is 0 Å². The van der Waals surface area contributed by atoms with E-state index in [0.29, 0.717) is 13.2 Å². The molecule has 5 heteroatoms. The summed E-state index contributed by atoms with van der Waals surface area (Å²) in [6, 6.07) is 7.95. The third-order valence-corrected chi connectivity index (χ3v) is 5.65. The van der Waals surface area contributed by atoms with E-state index in [1.807, 2.05) is 29.6 Å². The Balaban J connectivity index is 1.93. The number of ether oxygens (including phenoxy) is 2. The fourth-order valence-corrected chi connectivity index (χ4v) is 4.13. The summed E-state index contributed by atoms with van der Waals surface area (Å²) in [6.45, 7) is 1.41. The molecule has 0 N–H and O–H groups in total. The minimum absolute atomic E-state index is 0.0807. The number of thiophene rings is 1. The largest absolute Gasteiger partial charge is 0.490 e. The van der Waals surface area contributed by atoms with Crippen LogP contribution in [0.1, 0.15) is 21.7 Å². The van der Waals surface area contributed by atoms with Gasteiger partial charge < -0.3 is 9.47 Å². The molecule has 2 heterocycles. The maximum absolute atomic E-state index is 6.18. The van der Waals surface area contributed by atoms with E-state index in [-0.39, 0.29) is 4.83 Å². The Morgan fingerprint density at radius 3 is 2.68 bits per heavy atom. The van der Waals surface area contributed by atoms with E-state index in [4.69, 9.17) is 21.1 Å². The molecule has 2 aromatic rings. The summed E-state index contributed by atoms with van der Waals surface area (Å²) >= 11 is 11.5. The van der Waals surface area contributed by atoms with Crippen LogP contribution in [0.5, 0.6) is 11.5 Å². The predicted molar refractivity (Wildman–Crippen MR) is 82.1 cm³/mol. The highest BCUT2D eigenvalue weighted by molar-refractivity contribution is 9.09. The van der Waals surface area contributed by atoms with Crippen LogP contribution in [0.15, 0.2) is 29.6 Å². The molecule has 0 fully saturated rings. The number of hydrogen-bond donors (Lipinski definition) is 0. The van der Waals surface area contributed by atoms with E-state index in [0.717, 1.165) is 33.4 Å². The van der Waals surface area contributed by atoms with Crippen molar-refractivity contribution in [3.05, 3.63) is 45.1 Å². The van der Waals surface area contributed by atoms with Crippen LogP contribution in [-0.4, -0.2) is 13.2 Å². The summed E-state index contributed by atoms with van der Waals surface area (Å²) in [5, 5.41) is 2.79. The maximum atomic E-state index is 6.18. The Bertz CT molecular complexity index is 585. The van der Waals surface area contributed by atoms with Crippen LogP contribution < -0.4 is 9.47 Å². The van der Waals surface area contributed by atoms with Crippen LogP contribution in [-0.2, 0) is 0 Å². The normalized spacial score (nSPS) is 15.9. The van der Waals surface area contributed by atoms with Gasteiger partial charge in [0.1, 0.15) is 0 Å². The Morgan fingerprint density at radius 1 is 1.16 bits per heavy atom. The number of alkyl halides is 1. The lowest BCUT2D eigenvalue weighted by atomic mass is 10.1. The molecule has 19 heavy (non-hydrogen) atoms. The first-order valence-electron chi connectivity index (χ1n) is 6.02. The van der Waals surface area contributed by atoms with E-state index < -0.39 is 0 Å². The summed E-state index contributed by atoms with van der Waals surface area (Å²) in [5.74, 6) is 1.63. The molecule has 1 aliphatic rings. The average molecular weight is 360 g/mol. The maximum Gasteiger partial charge on any atom is 0.161 e. The van der Waals surface area contributed by atoms with Gasteiger partial charge in [0, 0.05) is 11.3 Å². The lowest BCUT2D eigenvalue weighted by Gasteiger charge is -2.13. The molecular weight excluding hydrogens is 348 g/mol. The van der Waals surface area contributed by atoms with Crippen molar-refractivity contribution >= 4 is 38.9 Å². The van der Waals surface area contributed by atoms with E-state index in [1.165, 1.54) is 0 Å². The number of benzene rings is 1. The molecule has 0 amide bonds. The lowest BCUT2D eigenvalue weighted by Crippen LogP contribution is -1.97. The monoisotopic (exact) mass is 358 g/mol. The quantitative estimate of drug-likeness (QED) is 0.699. The lowest BCUT2D eigenvalue weighted by molar-refractivity contribution is 0.297. The van der Waals surface area contributed by atoms with E-state index in [2.05, 4.69) is 15.9 Å². The number of fused-ring (bicyclic) bond motifs is 1. The van der Waals surface area contributed by atoms with Gasteiger partial charge in [0.05, 0.1) is 23.1 Å². The Hall–Kier alpha value is -0.710. The van der Waals surface area contributed by atoms with Crippen LogP contribution in [0.25, 0.3) is 0 Å². The first kappa shape index (κ1) is 13.3. The zero-order valence-corrected chi connectivity index (χ0v) is 13.2. The summed E-state index contributed by atoms with van der Waals surface area (Å²) in [4.78, 5) is 1.19. The van der Waals surface area contributed by atoms with Crippen LogP contribution >= 0.6 is 38.9 Å². The Labute approximate surface area is 129 Å². The van der Waals surface area contributed by atoms with Crippen molar-refractivity contribution in [1.82, 2.24) is 0 Å². The molecule has 0 spiro atoms. The average Bonchev–Trinajstić information content (AvgIpc) is 2.72. The highest BCUT2D eigenvalue weighted by atomic mass is 79.9. The van der Waals surface area contributed by atoms with Gasteiger partial charge in [0.25, 0.3) is 0 Å². The predicted octanol–water partition coefficient (Wildman–Crippen LogP) is 5.05. The van der Waals surface area contributed by atoms with Gasteiger partial charge in [-0.05, 0) is 29.1 Å². The van der Waals surface area contributed by atoms with Crippen LogP contribution in [0.2, 0.25) is 5.02 Å². The first-order chi connectivity index (χ1) is 9.25. The number of rotatable bonds is 2. The van der Waals surface area contributed by atoms with Crippen molar-refractivity contribution in [2.75, 3.05) is 13.2 Å². The number of halogens is 2. The fourth-order valence-electron chi connectivity index (χ4n) is 1.98. The molecule has 1 aliphatic heterocycles. The SMILES string of the molecule is Clc1ccsc1C(Br)c1ccc2c(c1)OCCCO2. The molecule has 1 atom stereocenters. The Kier molecular flexibility index (Phi) is 4.01. The van der Waals surface area contributed by atoms with Gasteiger partial charge in [-0.1, -0.05) is 33.6 Å². The fraction of sp³-hybridized carbons (Fsp3) is 0.286. The highest BCUT2D eigenvalue weighted by Gasteiger charge is 2.18. The molecule has 0 saturated carbocycles. The molecule has 0 saturated heterocycles. The summed E-state index contributed by atoms with van der Waals surface area (Å²) < 4.78 is 11.3. The molecule has 0 radical (unpaired) electrons. The standard InChI is InChI=1S/C14H12BrClO2S/c15-13(14-10(16)4-7-19-14)9-2-3-11-12(8-9)18-6-1-5-17-11/h2-4,7-8,13H,1,5-6H2. The second kappa shape index (κ2) is 5.73. The van der Waals surface area contributed by atoms with Crippen molar-refractivity contribution in [2.45, 2.75) is 11.2 Å². The van der Waals surface area contributed by atoms with Crippen molar-refractivity contribution < 1.29 is 9.47 Å². The number of hydrogen-bond acceptors (Lipinski definition) is 3. The van der Waals surface area contributed by atoms with Gasteiger partial charge in [-0.15, -0.1) is 11.3 Å². The molecule has 0 bridgehead atoms. The van der Waals surface area contributed by atoms with Crippen molar-refractivity contribution in [2.24, 2.45) is 0 Å². The Morgan fingerprint density at radius 2 is 1.95 bits per heavy atom. The van der Waals surface area contributed by atoms with Crippen molar-refractivity contribution in [3.8, 4) is 11.5 Å². The highest BCUT2D eigenvalue weighted by Crippen LogP contribution is 2.41. The molecule has 1 unspecified atom stereocenters. The van der Waals surface area contributed by atoms with E-state index in [1.54, 1.807) is 11.3 Å². The van der Waals surface area contributed by atoms with Gasteiger partial charge in [-0.3, -0.25) is 0 Å². The molecule has 0 aliphatic carbocycles. The van der Waals surface area contributed by atoms with Crippen LogP contribution in [0.3, 0.4) is 0 Å². The van der Waals surface area contributed by atoms with E-state index >= 15 is 0 Å². The first-order valence-corrected chi connectivity index (χ1v) is 8.19. The van der Waals surface area contributed by atoms with Gasteiger partial charge in [-0.2, -0.15) is 0 Å². The molecule has 2 nitrogen and oxygen atoms in total.